The average Bonchev–Trinajstić information content (AvgIpc) is 2.45. The van der Waals surface area contributed by atoms with Gasteiger partial charge in [0.2, 0.25) is 6.29 Å². The second kappa shape index (κ2) is 7.73. The molecule has 0 saturated carbocycles. The maximum absolute atomic E-state index is 12.0. The van der Waals surface area contributed by atoms with Gasteiger partial charge in [0.1, 0.15) is 6.04 Å². The van der Waals surface area contributed by atoms with Gasteiger partial charge in [-0.15, -0.1) is 0 Å². The van der Waals surface area contributed by atoms with Crippen molar-refractivity contribution < 1.29 is 14.4 Å². The molecule has 1 unspecified atom stereocenters. The number of benzene rings is 1. The van der Waals surface area contributed by atoms with E-state index >= 15 is 0 Å². The van der Waals surface area contributed by atoms with Crippen molar-refractivity contribution in [1.82, 2.24) is 10.4 Å². The molecule has 0 heterocycles. The number of rotatable bonds is 5. The minimum Gasteiger partial charge on any atom is -0.350 e. The SMILES string of the molecule is CCC([C]=O)N(NC(N)=O)C(=O)C=Cc1ccccc1. The number of nitrogens with zero attached hydrogens (tertiary/aromatic N) is 1. The van der Waals surface area contributed by atoms with E-state index in [1.54, 1.807) is 19.3 Å². The first-order valence-electron chi connectivity index (χ1n) is 6.08. The fourth-order valence-electron chi connectivity index (χ4n) is 1.54. The van der Waals surface area contributed by atoms with Crippen LogP contribution in [-0.4, -0.2) is 29.3 Å². The third kappa shape index (κ3) is 4.56. The number of primary amides is 1. The van der Waals surface area contributed by atoms with Gasteiger partial charge in [0.25, 0.3) is 5.91 Å². The van der Waals surface area contributed by atoms with Crippen LogP contribution in [0.1, 0.15) is 18.9 Å². The molecular formula is C14H16N3O3. The van der Waals surface area contributed by atoms with Gasteiger partial charge >= 0.3 is 6.03 Å². The second-order valence-corrected chi connectivity index (χ2v) is 3.97. The van der Waals surface area contributed by atoms with Crippen molar-refractivity contribution in [3.05, 3.63) is 42.0 Å². The maximum atomic E-state index is 12.0. The van der Waals surface area contributed by atoms with Crippen LogP contribution in [0.5, 0.6) is 0 Å². The molecule has 0 aliphatic rings. The maximum Gasteiger partial charge on any atom is 0.331 e. The first kappa shape index (κ1) is 15.4. The van der Waals surface area contributed by atoms with E-state index in [-0.39, 0.29) is 0 Å². The average molecular weight is 274 g/mol. The summed E-state index contributed by atoms with van der Waals surface area (Å²) >= 11 is 0. The number of hydrazine groups is 1. The van der Waals surface area contributed by atoms with Crippen LogP contribution in [0, 0.1) is 0 Å². The van der Waals surface area contributed by atoms with E-state index in [0.29, 0.717) is 6.42 Å². The Hall–Kier alpha value is -2.63. The number of urea groups is 1. The van der Waals surface area contributed by atoms with Crippen molar-refractivity contribution in [3.8, 4) is 0 Å². The van der Waals surface area contributed by atoms with Crippen LogP contribution in [0.2, 0.25) is 0 Å². The lowest BCUT2D eigenvalue weighted by molar-refractivity contribution is -0.129. The number of amides is 3. The van der Waals surface area contributed by atoms with Crippen LogP contribution in [0.15, 0.2) is 36.4 Å². The van der Waals surface area contributed by atoms with Gasteiger partial charge in [-0.1, -0.05) is 37.3 Å². The zero-order valence-electron chi connectivity index (χ0n) is 11.1. The summed E-state index contributed by atoms with van der Waals surface area (Å²) in [6.07, 6.45) is 4.84. The highest BCUT2D eigenvalue weighted by atomic mass is 16.2. The molecule has 1 aromatic rings. The third-order valence-electron chi connectivity index (χ3n) is 2.52. The van der Waals surface area contributed by atoms with Crippen molar-refractivity contribution in [2.75, 3.05) is 0 Å². The smallest absolute Gasteiger partial charge is 0.331 e. The number of nitrogens with one attached hydrogen (secondary N) is 1. The molecule has 3 amide bonds. The van der Waals surface area contributed by atoms with Crippen molar-refractivity contribution in [1.29, 1.82) is 0 Å². The van der Waals surface area contributed by atoms with Gasteiger partial charge in [0.05, 0.1) is 0 Å². The first-order chi connectivity index (χ1) is 9.58. The summed E-state index contributed by atoms with van der Waals surface area (Å²) < 4.78 is 0. The lowest BCUT2D eigenvalue weighted by Gasteiger charge is -2.25. The molecule has 0 aromatic heterocycles. The molecule has 1 atom stereocenters. The van der Waals surface area contributed by atoms with Crippen LogP contribution in [0.3, 0.4) is 0 Å². The third-order valence-corrected chi connectivity index (χ3v) is 2.52. The minimum absolute atomic E-state index is 0.314. The normalized spacial score (nSPS) is 11.8. The van der Waals surface area contributed by atoms with Gasteiger partial charge in [0, 0.05) is 6.08 Å². The number of carbonyl (C=O) groups excluding carboxylic acids is 3. The number of hydrogen-bond acceptors (Lipinski definition) is 3. The van der Waals surface area contributed by atoms with Gasteiger partial charge in [-0.3, -0.25) is 9.59 Å². The molecule has 1 radical (unpaired) electrons. The van der Waals surface area contributed by atoms with Gasteiger partial charge in [-0.2, -0.15) is 0 Å². The highest BCUT2D eigenvalue weighted by Crippen LogP contribution is 2.04. The van der Waals surface area contributed by atoms with E-state index in [1.165, 1.54) is 6.08 Å². The summed E-state index contributed by atoms with van der Waals surface area (Å²) in [5.41, 5.74) is 7.94. The molecular weight excluding hydrogens is 258 g/mol. The van der Waals surface area contributed by atoms with Crippen molar-refractivity contribution in [2.24, 2.45) is 5.73 Å². The molecule has 20 heavy (non-hydrogen) atoms. The van der Waals surface area contributed by atoms with Crippen LogP contribution in [0.4, 0.5) is 4.79 Å². The van der Waals surface area contributed by atoms with Crippen molar-refractivity contribution in [3.63, 3.8) is 0 Å². The Morgan fingerprint density at radius 3 is 2.55 bits per heavy atom. The Kier molecular flexibility index (Phi) is 5.96. The highest BCUT2D eigenvalue weighted by Gasteiger charge is 2.22. The lowest BCUT2D eigenvalue weighted by atomic mass is 10.2. The predicted octanol–water partition coefficient (Wildman–Crippen LogP) is 1.000. The molecule has 6 nitrogen and oxygen atoms in total. The minimum atomic E-state index is -0.917. The van der Waals surface area contributed by atoms with Crippen LogP contribution in [0.25, 0.3) is 6.08 Å². The summed E-state index contributed by atoms with van der Waals surface area (Å²) in [5.74, 6) is -0.553. The Bertz CT molecular complexity index is 500. The number of carbonyl (C=O) groups is 2. The second-order valence-electron chi connectivity index (χ2n) is 3.97. The van der Waals surface area contributed by atoms with Crippen LogP contribution in [-0.2, 0) is 9.59 Å². The van der Waals surface area contributed by atoms with Crippen LogP contribution >= 0.6 is 0 Å². The Balaban J connectivity index is 2.85. The molecule has 0 saturated heterocycles. The molecule has 1 rings (SSSR count). The van der Waals surface area contributed by atoms with Gasteiger partial charge in [-0.25, -0.2) is 15.2 Å². The standard InChI is InChI=1S/C14H16N3O3/c1-2-12(10-18)17(16-14(15)20)13(19)9-8-11-6-4-3-5-7-11/h3-9,12H,2H2,1H3,(H3,15,16,20). The molecule has 0 spiro atoms. The van der Waals surface area contributed by atoms with Gasteiger partial charge in [-0.05, 0) is 18.1 Å². The fourth-order valence-corrected chi connectivity index (χ4v) is 1.54. The fraction of sp³-hybridized carbons (Fsp3) is 0.214. The van der Waals surface area contributed by atoms with Crippen LogP contribution < -0.4 is 11.2 Å². The summed E-state index contributed by atoms with van der Waals surface area (Å²) in [7, 11) is 0. The lowest BCUT2D eigenvalue weighted by Crippen LogP contribution is -2.53. The number of nitrogens with two attached hydrogens (primary N) is 1. The van der Waals surface area contributed by atoms with Gasteiger partial charge in [0.15, 0.2) is 0 Å². The largest absolute Gasteiger partial charge is 0.350 e. The summed E-state index contributed by atoms with van der Waals surface area (Å²) in [5, 5.41) is 0.870. The van der Waals surface area contributed by atoms with E-state index in [9.17, 15) is 14.4 Å². The predicted molar refractivity (Wildman–Crippen MR) is 74.8 cm³/mol. The van der Waals surface area contributed by atoms with E-state index in [1.807, 2.05) is 30.3 Å². The monoisotopic (exact) mass is 274 g/mol. The Morgan fingerprint density at radius 1 is 1.40 bits per heavy atom. The molecule has 3 N–H and O–H groups in total. The zero-order chi connectivity index (χ0) is 15.0. The van der Waals surface area contributed by atoms with Crippen molar-refractivity contribution >= 4 is 24.3 Å². The molecule has 0 fully saturated rings. The van der Waals surface area contributed by atoms with E-state index < -0.39 is 18.0 Å². The summed E-state index contributed by atoms with van der Waals surface area (Å²) in [6, 6.07) is 7.36. The Morgan fingerprint density at radius 2 is 2.05 bits per heavy atom. The van der Waals surface area contributed by atoms with E-state index in [4.69, 9.17) is 5.73 Å². The van der Waals surface area contributed by atoms with Crippen molar-refractivity contribution in [2.45, 2.75) is 19.4 Å². The summed E-state index contributed by atoms with van der Waals surface area (Å²) in [6.45, 7) is 1.69. The number of hydrogen-bond donors (Lipinski definition) is 2. The highest BCUT2D eigenvalue weighted by molar-refractivity contribution is 5.94. The molecule has 1 aromatic carbocycles. The summed E-state index contributed by atoms with van der Waals surface area (Å²) in [4.78, 5) is 33.7. The topological polar surface area (TPSA) is 92.5 Å². The molecule has 0 bridgehead atoms. The molecule has 105 valence electrons. The molecule has 0 aliphatic carbocycles. The van der Waals surface area contributed by atoms with E-state index in [0.717, 1.165) is 10.6 Å². The molecule has 0 aliphatic heterocycles. The van der Waals surface area contributed by atoms with E-state index in [2.05, 4.69) is 5.43 Å². The first-order valence-corrected chi connectivity index (χ1v) is 6.08. The zero-order valence-corrected chi connectivity index (χ0v) is 11.1. The van der Waals surface area contributed by atoms with Gasteiger partial charge < -0.3 is 5.73 Å². The quantitative estimate of drug-likeness (QED) is 0.619. The molecule has 6 heteroatoms. The Labute approximate surface area is 117 Å².